The summed E-state index contributed by atoms with van der Waals surface area (Å²) in [5.74, 6) is 0.197. The van der Waals surface area contributed by atoms with E-state index in [1.54, 1.807) is 0 Å². The van der Waals surface area contributed by atoms with Crippen LogP contribution in [0.25, 0.3) is 0 Å². The predicted octanol–water partition coefficient (Wildman–Crippen LogP) is 8.76. The molecule has 0 saturated heterocycles. The van der Waals surface area contributed by atoms with E-state index in [0.717, 1.165) is 25.7 Å². The molecule has 0 spiro atoms. The van der Waals surface area contributed by atoms with Gasteiger partial charge in [0.05, 0.1) is 13.2 Å². The van der Waals surface area contributed by atoms with Crippen LogP contribution < -0.4 is 5.32 Å². The number of nitrogens with one attached hydrogen (secondary N) is 1. The molecule has 0 aromatic rings. The fourth-order valence-electron chi connectivity index (χ4n) is 4.59. The third kappa shape index (κ3) is 25.4. The molecule has 0 heterocycles. The third-order valence-corrected chi connectivity index (χ3v) is 7.79. The van der Waals surface area contributed by atoms with Crippen LogP contribution >= 0.6 is 7.82 Å². The largest absolute Gasteiger partial charge is 0.472 e. The Kier molecular flexibility index (Phi) is 26.2. The van der Waals surface area contributed by atoms with Crippen molar-refractivity contribution in [2.75, 3.05) is 26.8 Å². The van der Waals surface area contributed by atoms with Crippen LogP contribution in [0.1, 0.15) is 149 Å². The molecule has 216 valence electrons. The number of hydrogen-bond donors (Lipinski definition) is 2. The zero-order chi connectivity index (χ0) is 26.7. The van der Waals surface area contributed by atoms with Gasteiger partial charge in [-0.2, -0.15) is 0 Å². The molecule has 0 aliphatic heterocycles. The van der Waals surface area contributed by atoms with E-state index < -0.39 is 7.82 Å². The SMILES string of the molecule is CCCCCCCCCCCCCCCCCCC(COP(=O)(O)OCCCNC)CC(=O)CCC. The maximum Gasteiger partial charge on any atom is 0.472 e. The van der Waals surface area contributed by atoms with E-state index in [1.165, 1.54) is 89.9 Å². The maximum atomic E-state index is 12.2. The molecule has 0 amide bonds. The minimum atomic E-state index is -4.06. The quantitative estimate of drug-likeness (QED) is 0.0738. The van der Waals surface area contributed by atoms with E-state index in [-0.39, 0.29) is 24.9 Å². The van der Waals surface area contributed by atoms with E-state index in [2.05, 4.69) is 12.2 Å². The van der Waals surface area contributed by atoms with Crippen molar-refractivity contribution in [3.05, 3.63) is 0 Å². The summed E-state index contributed by atoms with van der Waals surface area (Å²) in [7, 11) is -2.24. The van der Waals surface area contributed by atoms with Gasteiger partial charge >= 0.3 is 7.82 Å². The van der Waals surface area contributed by atoms with Crippen LogP contribution in [0.2, 0.25) is 0 Å². The van der Waals surface area contributed by atoms with Gasteiger partial charge in [0.15, 0.2) is 0 Å². The number of carbonyl (C=O) groups is 1. The van der Waals surface area contributed by atoms with Crippen molar-refractivity contribution in [1.82, 2.24) is 5.32 Å². The first-order chi connectivity index (χ1) is 17.4. The molecule has 2 N–H and O–H groups in total. The van der Waals surface area contributed by atoms with Gasteiger partial charge in [0.25, 0.3) is 0 Å². The lowest BCUT2D eigenvalue weighted by Gasteiger charge is -2.19. The minimum absolute atomic E-state index is 0.0166. The standard InChI is InChI=1S/C29H60NO5P/c1-4-6-7-8-9-10-11-12-13-14-15-16-17-18-19-20-23-28(26-29(31)22-5-2)27-35-36(32,33)34-25-21-24-30-3/h28,30H,4-27H2,1-3H3,(H,32,33). The summed E-state index contributed by atoms with van der Waals surface area (Å²) in [6, 6.07) is 0. The first kappa shape index (κ1) is 35.7. The molecule has 0 fully saturated rings. The van der Waals surface area contributed by atoms with Crippen molar-refractivity contribution in [3.63, 3.8) is 0 Å². The topological polar surface area (TPSA) is 84.9 Å². The highest BCUT2D eigenvalue weighted by Crippen LogP contribution is 2.44. The summed E-state index contributed by atoms with van der Waals surface area (Å²) in [4.78, 5) is 22.1. The van der Waals surface area contributed by atoms with Gasteiger partial charge in [0, 0.05) is 12.8 Å². The second-order valence-corrected chi connectivity index (χ2v) is 12.0. The Bertz CT molecular complexity index is 532. The molecular formula is C29H60NO5P. The molecule has 0 aliphatic carbocycles. The zero-order valence-corrected chi connectivity index (χ0v) is 25.0. The van der Waals surface area contributed by atoms with Gasteiger partial charge < -0.3 is 10.2 Å². The molecule has 36 heavy (non-hydrogen) atoms. The number of ketones is 1. The van der Waals surface area contributed by atoms with E-state index in [9.17, 15) is 14.3 Å². The Morgan fingerprint density at radius 3 is 1.72 bits per heavy atom. The second kappa shape index (κ2) is 26.4. The lowest BCUT2D eigenvalue weighted by molar-refractivity contribution is -0.120. The van der Waals surface area contributed by atoms with E-state index in [1.807, 2.05) is 14.0 Å². The van der Waals surface area contributed by atoms with Crippen molar-refractivity contribution in [2.24, 2.45) is 5.92 Å². The van der Waals surface area contributed by atoms with Gasteiger partial charge in [-0.25, -0.2) is 4.57 Å². The minimum Gasteiger partial charge on any atom is -0.320 e. The Morgan fingerprint density at radius 1 is 0.750 bits per heavy atom. The number of phosphoric ester groups is 1. The van der Waals surface area contributed by atoms with Crippen LogP contribution in [-0.4, -0.2) is 37.5 Å². The fourth-order valence-corrected chi connectivity index (χ4v) is 5.43. The summed E-state index contributed by atoms with van der Waals surface area (Å²) < 4.78 is 22.4. The monoisotopic (exact) mass is 533 g/mol. The van der Waals surface area contributed by atoms with Gasteiger partial charge in [-0.15, -0.1) is 0 Å². The van der Waals surface area contributed by atoms with E-state index >= 15 is 0 Å². The Balaban J connectivity index is 3.88. The average molecular weight is 534 g/mol. The van der Waals surface area contributed by atoms with Crippen LogP contribution in [0.15, 0.2) is 0 Å². The molecule has 0 aromatic heterocycles. The zero-order valence-electron chi connectivity index (χ0n) is 24.1. The number of Topliss-reactive ketones (excluding diaryl/α,β-unsaturated/α-hetero) is 1. The molecule has 7 heteroatoms. The number of unbranched alkanes of at least 4 members (excludes halogenated alkanes) is 15. The fraction of sp³-hybridized carbons (Fsp3) is 0.966. The molecule has 0 radical (unpaired) electrons. The first-order valence-electron chi connectivity index (χ1n) is 15.2. The first-order valence-corrected chi connectivity index (χ1v) is 16.7. The normalized spacial score (nSPS) is 14.1. The summed E-state index contributed by atoms with van der Waals surface area (Å²) in [6.07, 6.45) is 24.6. The molecule has 6 nitrogen and oxygen atoms in total. The van der Waals surface area contributed by atoms with Gasteiger partial charge in [0.1, 0.15) is 5.78 Å². The molecule has 0 rings (SSSR count). The van der Waals surface area contributed by atoms with E-state index in [0.29, 0.717) is 25.8 Å². The van der Waals surface area contributed by atoms with Crippen LogP contribution in [0.5, 0.6) is 0 Å². The highest BCUT2D eigenvalue weighted by atomic mass is 31.2. The number of phosphoric acid groups is 1. The van der Waals surface area contributed by atoms with Crippen molar-refractivity contribution in [2.45, 2.75) is 149 Å². The van der Waals surface area contributed by atoms with Crippen LogP contribution in [0, 0.1) is 5.92 Å². The van der Waals surface area contributed by atoms with Crippen LogP contribution in [0.3, 0.4) is 0 Å². The maximum absolute atomic E-state index is 12.2. The number of rotatable bonds is 29. The number of carbonyl (C=O) groups excluding carboxylic acids is 1. The Morgan fingerprint density at radius 2 is 1.25 bits per heavy atom. The smallest absolute Gasteiger partial charge is 0.320 e. The van der Waals surface area contributed by atoms with Gasteiger partial charge in [-0.3, -0.25) is 13.8 Å². The van der Waals surface area contributed by atoms with Crippen LogP contribution in [0.4, 0.5) is 0 Å². The lowest BCUT2D eigenvalue weighted by Crippen LogP contribution is -2.15. The second-order valence-electron chi connectivity index (χ2n) is 10.5. The van der Waals surface area contributed by atoms with Crippen molar-refractivity contribution >= 4 is 13.6 Å². The highest BCUT2D eigenvalue weighted by molar-refractivity contribution is 7.47. The van der Waals surface area contributed by atoms with Gasteiger partial charge in [-0.1, -0.05) is 117 Å². The molecule has 0 bridgehead atoms. The lowest BCUT2D eigenvalue weighted by atomic mass is 9.94. The summed E-state index contributed by atoms with van der Waals surface area (Å²) in [5.41, 5.74) is 0. The Hall–Kier alpha value is -0.260. The Labute approximate surface area is 223 Å². The van der Waals surface area contributed by atoms with Gasteiger partial charge in [-0.05, 0) is 38.8 Å². The summed E-state index contributed by atoms with van der Waals surface area (Å²) in [6.45, 7) is 5.27. The van der Waals surface area contributed by atoms with E-state index in [4.69, 9.17) is 9.05 Å². The van der Waals surface area contributed by atoms with Crippen LogP contribution in [-0.2, 0) is 18.4 Å². The molecule has 2 unspecified atom stereocenters. The average Bonchev–Trinajstić information content (AvgIpc) is 2.85. The van der Waals surface area contributed by atoms with Crippen molar-refractivity contribution < 1.29 is 23.3 Å². The highest BCUT2D eigenvalue weighted by Gasteiger charge is 2.24. The molecule has 0 saturated carbocycles. The summed E-state index contributed by atoms with van der Waals surface area (Å²) in [5, 5.41) is 2.97. The van der Waals surface area contributed by atoms with Crippen molar-refractivity contribution in [3.8, 4) is 0 Å². The van der Waals surface area contributed by atoms with Crippen molar-refractivity contribution in [1.29, 1.82) is 0 Å². The van der Waals surface area contributed by atoms with Gasteiger partial charge in [0.2, 0.25) is 0 Å². The molecule has 0 aliphatic rings. The predicted molar refractivity (Wildman–Crippen MR) is 152 cm³/mol. The number of hydrogen-bond acceptors (Lipinski definition) is 5. The summed E-state index contributed by atoms with van der Waals surface area (Å²) >= 11 is 0. The molecule has 2 atom stereocenters. The molecule has 0 aromatic carbocycles. The third-order valence-electron chi connectivity index (χ3n) is 6.81. The molecular weight excluding hydrogens is 473 g/mol.